The smallest absolute Gasteiger partial charge is 0.329 e. The van der Waals surface area contributed by atoms with Crippen LogP contribution in [0.1, 0.15) is 0 Å². The van der Waals surface area contributed by atoms with Gasteiger partial charge in [0.05, 0.1) is 15.7 Å². The van der Waals surface area contributed by atoms with E-state index in [2.05, 4.69) is 10.1 Å². The maximum absolute atomic E-state index is 11.5. The molecule has 114 valence electrons. The summed E-state index contributed by atoms with van der Waals surface area (Å²) in [5.41, 5.74) is 0.200. The maximum atomic E-state index is 11.5. The minimum atomic E-state index is -1.18. The molecule has 2 N–H and O–H groups in total. The van der Waals surface area contributed by atoms with Gasteiger partial charge in [0, 0.05) is 6.07 Å². The molecule has 1 amide bonds. The Morgan fingerprint density at radius 2 is 1.95 bits per heavy atom. The number of aldehydes is 1. The molecule has 7 nitrogen and oxygen atoms in total. The van der Waals surface area contributed by atoms with E-state index in [4.69, 9.17) is 33.0 Å². The van der Waals surface area contributed by atoms with E-state index in [0.717, 1.165) is 0 Å². The van der Waals surface area contributed by atoms with E-state index < -0.39 is 25.1 Å². The summed E-state index contributed by atoms with van der Waals surface area (Å²) in [6.07, 6.45) is 0.545. The van der Waals surface area contributed by atoms with Crippen LogP contribution in [0.15, 0.2) is 12.1 Å². The maximum Gasteiger partial charge on any atom is 0.329 e. The van der Waals surface area contributed by atoms with Gasteiger partial charge in [0.25, 0.3) is 0 Å². The third kappa shape index (κ3) is 5.99. The summed E-state index contributed by atoms with van der Waals surface area (Å²) in [7, 11) is 0. The van der Waals surface area contributed by atoms with E-state index >= 15 is 0 Å². The monoisotopic (exact) mass is 335 g/mol. The molecule has 1 aromatic carbocycles. The van der Waals surface area contributed by atoms with Gasteiger partial charge in [-0.3, -0.25) is 9.59 Å². The highest BCUT2D eigenvalue weighted by Gasteiger charge is 2.12. The second-order valence-corrected chi connectivity index (χ2v) is 4.49. The van der Waals surface area contributed by atoms with Crippen LogP contribution in [0.25, 0.3) is 0 Å². The van der Waals surface area contributed by atoms with Crippen molar-refractivity contribution in [2.75, 3.05) is 25.1 Å². The van der Waals surface area contributed by atoms with Crippen molar-refractivity contribution in [3.63, 3.8) is 0 Å². The van der Waals surface area contributed by atoms with Gasteiger partial charge in [-0.2, -0.15) is 0 Å². The van der Waals surface area contributed by atoms with Gasteiger partial charge < -0.3 is 19.9 Å². The highest BCUT2D eigenvalue weighted by molar-refractivity contribution is 6.37. The predicted molar refractivity (Wildman–Crippen MR) is 75.1 cm³/mol. The fourth-order valence-corrected chi connectivity index (χ4v) is 1.76. The molecule has 0 radical (unpaired) electrons. The quantitative estimate of drug-likeness (QED) is 0.700. The lowest BCUT2D eigenvalue weighted by atomic mass is 10.3. The molecule has 0 bridgehead atoms. The first-order valence-electron chi connectivity index (χ1n) is 5.59. The lowest BCUT2D eigenvalue weighted by Gasteiger charge is -2.11. The Bertz CT molecular complexity index is 549. The number of aliphatic carboxylic acids is 1. The van der Waals surface area contributed by atoms with Crippen LogP contribution in [-0.4, -0.2) is 43.1 Å². The predicted octanol–water partition coefficient (Wildman–Crippen LogP) is 1.61. The number of carboxylic acid groups (broad SMARTS) is 1. The Balaban J connectivity index is 2.70. The molecule has 0 saturated heterocycles. The van der Waals surface area contributed by atoms with Crippen LogP contribution in [0.2, 0.25) is 10.0 Å². The highest BCUT2D eigenvalue weighted by atomic mass is 35.5. The number of ether oxygens (including phenoxy) is 2. The van der Waals surface area contributed by atoms with Gasteiger partial charge in [-0.15, -0.1) is 0 Å². The summed E-state index contributed by atoms with van der Waals surface area (Å²) in [5, 5.41) is 11.1. The van der Waals surface area contributed by atoms with Crippen LogP contribution in [0.5, 0.6) is 5.75 Å². The summed E-state index contributed by atoms with van der Waals surface area (Å²) in [6, 6.07) is 2.69. The number of hydrogen-bond acceptors (Lipinski definition) is 5. The highest BCUT2D eigenvalue weighted by Crippen LogP contribution is 2.34. The number of amides is 1. The molecule has 0 saturated carbocycles. The van der Waals surface area contributed by atoms with Gasteiger partial charge in [0.1, 0.15) is 25.6 Å². The molecular weight excluding hydrogens is 325 g/mol. The Hall–Kier alpha value is -1.83. The molecule has 0 aliphatic heterocycles. The van der Waals surface area contributed by atoms with Gasteiger partial charge in [0.15, 0.2) is 6.29 Å². The second-order valence-electron chi connectivity index (χ2n) is 3.67. The Morgan fingerprint density at radius 3 is 2.57 bits per heavy atom. The second kappa shape index (κ2) is 8.46. The molecule has 0 fully saturated rings. The molecular formula is C12H11Cl2NO6. The van der Waals surface area contributed by atoms with Crippen LogP contribution < -0.4 is 10.1 Å². The fraction of sp³-hybridized carbons (Fsp3) is 0.250. The summed E-state index contributed by atoms with van der Waals surface area (Å²) >= 11 is 11.8. The van der Waals surface area contributed by atoms with Crippen LogP contribution >= 0.6 is 23.2 Å². The number of nitrogens with one attached hydrogen (secondary N) is 1. The third-order valence-electron chi connectivity index (χ3n) is 2.06. The number of carboxylic acids is 1. The average Bonchev–Trinajstić information content (AvgIpc) is 2.40. The van der Waals surface area contributed by atoms with Crippen molar-refractivity contribution >= 4 is 47.1 Å². The minimum Gasteiger partial charge on any atom is -0.485 e. The lowest BCUT2D eigenvalue weighted by Crippen LogP contribution is -2.21. The minimum absolute atomic E-state index is 0.157. The first-order chi connectivity index (χ1) is 9.93. The lowest BCUT2D eigenvalue weighted by molar-refractivity contribution is -0.143. The first-order valence-corrected chi connectivity index (χ1v) is 6.34. The summed E-state index contributed by atoms with van der Waals surface area (Å²) in [6.45, 7) is -1.23. The molecule has 9 heteroatoms. The van der Waals surface area contributed by atoms with Gasteiger partial charge in [-0.05, 0) is 6.07 Å². The average molecular weight is 336 g/mol. The van der Waals surface area contributed by atoms with E-state index in [9.17, 15) is 14.4 Å². The van der Waals surface area contributed by atoms with Crippen molar-refractivity contribution < 1.29 is 29.0 Å². The van der Waals surface area contributed by atoms with Crippen molar-refractivity contribution in [3.8, 4) is 5.75 Å². The number of halogens is 2. The summed E-state index contributed by atoms with van der Waals surface area (Å²) in [5.74, 6) is -1.60. The molecule has 0 unspecified atom stereocenters. The van der Waals surface area contributed by atoms with Gasteiger partial charge >= 0.3 is 5.97 Å². The number of hydrogen-bond donors (Lipinski definition) is 2. The molecule has 0 atom stereocenters. The van der Waals surface area contributed by atoms with Crippen LogP contribution in [-0.2, 0) is 19.1 Å². The molecule has 0 aliphatic rings. The number of anilines is 1. The van der Waals surface area contributed by atoms with Crippen molar-refractivity contribution in [2.45, 2.75) is 0 Å². The van der Waals surface area contributed by atoms with E-state index in [1.807, 2.05) is 0 Å². The number of carbonyl (C=O) groups excluding carboxylic acids is 2. The number of benzene rings is 1. The normalized spacial score (nSPS) is 10.0. The molecule has 0 aromatic heterocycles. The molecule has 1 rings (SSSR count). The SMILES string of the molecule is O=CCOc1cc(NC(=O)COCC(=O)O)c(Cl)cc1Cl. The van der Waals surface area contributed by atoms with E-state index in [1.54, 1.807) is 0 Å². The van der Waals surface area contributed by atoms with Crippen molar-refractivity contribution in [3.05, 3.63) is 22.2 Å². The number of rotatable bonds is 8. The van der Waals surface area contributed by atoms with Crippen LogP contribution in [0.3, 0.4) is 0 Å². The summed E-state index contributed by atoms with van der Waals surface area (Å²) in [4.78, 5) is 32.0. The zero-order valence-electron chi connectivity index (χ0n) is 10.6. The van der Waals surface area contributed by atoms with Crippen LogP contribution in [0.4, 0.5) is 5.69 Å². The van der Waals surface area contributed by atoms with E-state index in [1.165, 1.54) is 12.1 Å². The number of carbonyl (C=O) groups is 3. The zero-order valence-corrected chi connectivity index (χ0v) is 12.1. The Labute approximate surface area is 129 Å². The molecule has 21 heavy (non-hydrogen) atoms. The molecule has 1 aromatic rings. The largest absolute Gasteiger partial charge is 0.485 e. The van der Waals surface area contributed by atoms with E-state index in [0.29, 0.717) is 6.29 Å². The standard InChI is InChI=1S/C12H11Cl2NO6/c13-7-3-8(14)10(21-2-1-16)4-9(7)15-11(17)5-20-6-12(18)19/h1,3-4H,2,5-6H2,(H,15,17)(H,18,19). The Kier molecular flexibility index (Phi) is 6.93. The van der Waals surface area contributed by atoms with Gasteiger partial charge in [-0.25, -0.2) is 4.79 Å². The fourth-order valence-electron chi connectivity index (χ4n) is 1.28. The molecule has 0 aliphatic carbocycles. The zero-order chi connectivity index (χ0) is 15.8. The van der Waals surface area contributed by atoms with Crippen molar-refractivity contribution in [2.24, 2.45) is 0 Å². The van der Waals surface area contributed by atoms with Crippen molar-refractivity contribution in [1.29, 1.82) is 0 Å². The third-order valence-corrected chi connectivity index (χ3v) is 2.67. The van der Waals surface area contributed by atoms with Gasteiger partial charge in [-0.1, -0.05) is 23.2 Å². The first kappa shape index (κ1) is 17.2. The van der Waals surface area contributed by atoms with Crippen LogP contribution in [0, 0.1) is 0 Å². The van der Waals surface area contributed by atoms with Crippen molar-refractivity contribution in [1.82, 2.24) is 0 Å². The summed E-state index contributed by atoms with van der Waals surface area (Å²) < 4.78 is 9.69. The Morgan fingerprint density at radius 1 is 1.24 bits per heavy atom. The topological polar surface area (TPSA) is 102 Å². The van der Waals surface area contributed by atoms with E-state index in [-0.39, 0.29) is 28.1 Å². The molecule has 0 heterocycles. The molecule has 0 spiro atoms. The van der Waals surface area contributed by atoms with Gasteiger partial charge in [0.2, 0.25) is 5.91 Å².